The lowest BCUT2D eigenvalue weighted by Gasteiger charge is -2.12. The molecule has 2 heterocycles. The molecule has 0 radical (unpaired) electrons. The zero-order valence-corrected chi connectivity index (χ0v) is 19.2. The van der Waals surface area contributed by atoms with Crippen LogP contribution < -0.4 is 14.8 Å². The highest BCUT2D eigenvalue weighted by molar-refractivity contribution is 9.10. The average Bonchev–Trinajstić information content (AvgIpc) is 3.40. The Morgan fingerprint density at radius 3 is 2.74 bits per heavy atom. The molecule has 5 nitrogen and oxygen atoms in total. The van der Waals surface area contributed by atoms with Crippen molar-refractivity contribution in [3.63, 3.8) is 0 Å². The predicted octanol–water partition coefficient (Wildman–Crippen LogP) is 5.80. The highest BCUT2D eigenvalue weighted by Crippen LogP contribution is 2.41. The smallest absolute Gasteiger partial charge is 0.254 e. The first-order valence-electron chi connectivity index (χ1n) is 10.3. The van der Waals surface area contributed by atoms with E-state index < -0.39 is 0 Å². The van der Waals surface area contributed by atoms with E-state index in [9.17, 15) is 4.79 Å². The van der Waals surface area contributed by atoms with E-state index in [-0.39, 0.29) is 12.7 Å². The fourth-order valence-electron chi connectivity index (χ4n) is 3.90. The number of hydrogen-bond donors (Lipinski definition) is 1. The third kappa shape index (κ3) is 4.25. The monoisotopic (exact) mass is 496 g/mol. The molecule has 1 N–H and O–H groups in total. The first kappa shape index (κ1) is 20.3. The first-order valence-corrected chi connectivity index (χ1v) is 11.9. The number of fused-ring (bicyclic) bond motifs is 2. The number of benzene rings is 2. The molecule has 1 aliphatic carbocycles. The Morgan fingerprint density at radius 1 is 1.13 bits per heavy atom. The Balaban J connectivity index is 1.44. The van der Waals surface area contributed by atoms with E-state index in [1.165, 1.54) is 10.4 Å². The molecule has 0 atom stereocenters. The minimum absolute atomic E-state index is 0.0554. The molecule has 0 unspecified atom stereocenters. The maximum absolute atomic E-state index is 13.2. The van der Waals surface area contributed by atoms with Gasteiger partial charge in [0.25, 0.3) is 5.91 Å². The molecular formula is C24H21BrN2O3S. The normalized spacial score (nSPS) is 14.6. The molecular weight excluding hydrogens is 476 g/mol. The van der Waals surface area contributed by atoms with E-state index in [0.29, 0.717) is 12.3 Å². The van der Waals surface area contributed by atoms with Crippen LogP contribution in [0.4, 0.5) is 5.00 Å². The molecule has 1 aromatic heterocycles. The minimum Gasteiger partial charge on any atom is -0.454 e. The molecule has 2 aromatic carbocycles. The Morgan fingerprint density at radius 2 is 1.90 bits per heavy atom. The minimum atomic E-state index is -0.0554. The fourth-order valence-corrected chi connectivity index (χ4v) is 5.56. The second-order valence-electron chi connectivity index (χ2n) is 7.54. The first-order chi connectivity index (χ1) is 15.2. The van der Waals surface area contributed by atoms with Crippen molar-refractivity contribution in [2.24, 2.45) is 4.99 Å². The van der Waals surface area contributed by atoms with Crippen LogP contribution in [0.3, 0.4) is 0 Å². The van der Waals surface area contributed by atoms with Crippen LogP contribution in [-0.2, 0) is 19.4 Å². The van der Waals surface area contributed by atoms with Crippen molar-refractivity contribution in [3.8, 4) is 11.5 Å². The van der Waals surface area contributed by atoms with Crippen LogP contribution in [-0.4, -0.2) is 18.9 Å². The van der Waals surface area contributed by atoms with Gasteiger partial charge in [0.15, 0.2) is 11.5 Å². The SMILES string of the molecule is O=C(NCc1ccccc1)c1c(N=Cc2cc3c(cc2Br)OCO3)sc2c1CCCC2. The molecule has 1 amide bonds. The number of nitrogens with zero attached hydrogens (tertiary/aromatic N) is 1. The summed E-state index contributed by atoms with van der Waals surface area (Å²) in [6.45, 7) is 0.729. The lowest BCUT2D eigenvalue weighted by Crippen LogP contribution is -2.24. The molecule has 0 saturated carbocycles. The Kier molecular flexibility index (Phi) is 5.78. The molecule has 1 aliphatic heterocycles. The van der Waals surface area contributed by atoms with Crippen molar-refractivity contribution < 1.29 is 14.3 Å². The summed E-state index contributed by atoms with van der Waals surface area (Å²) in [5, 5.41) is 3.85. The van der Waals surface area contributed by atoms with Gasteiger partial charge in [-0.1, -0.05) is 30.3 Å². The second-order valence-corrected chi connectivity index (χ2v) is 9.48. The standard InChI is InChI=1S/C24H21BrN2O3S/c25-18-11-20-19(29-14-30-20)10-16(18)13-27-24-22(17-8-4-5-9-21(17)31-24)23(28)26-12-15-6-2-1-3-7-15/h1-3,6-7,10-11,13H,4-5,8-9,12,14H2,(H,26,28). The maximum atomic E-state index is 13.2. The molecule has 5 rings (SSSR count). The Bertz CT molecular complexity index is 1160. The molecule has 31 heavy (non-hydrogen) atoms. The summed E-state index contributed by atoms with van der Waals surface area (Å²) in [5.74, 6) is 1.37. The summed E-state index contributed by atoms with van der Waals surface area (Å²) in [6.07, 6.45) is 6.01. The number of hydrogen-bond acceptors (Lipinski definition) is 5. The van der Waals surface area contributed by atoms with Crippen LogP contribution >= 0.6 is 27.3 Å². The van der Waals surface area contributed by atoms with Crippen molar-refractivity contribution in [1.29, 1.82) is 0 Å². The number of ether oxygens (including phenoxy) is 2. The van der Waals surface area contributed by atoms with Crippen LogP contribution in [0.1, 0.15) is 44.8 Å². The summed E-state index contributed by atoms with van der Waals surface area (Å²) in [6, 6.07) is 13.7. The number of aryl methyl sites for hydroxylation is 1. The lowest BCUT2D eigenvalue weighted by atomic mass is 9.95. The number of carbonyl (C=O) groups excluding carboxylic acids is 1. The largest absolute Gasteiger partial charge is 0.454 e. The van der Waals surface area contributed by atoms with Crippen LogP contribution in [0.15, 0.2) is 51.9 Å². The lowest BCUT2D eigenvalue weighted by molar-refractivity contribution is 0.0951. The molecule has 7 heteroatoms. The van der Waals surface area contributed by atoms with Gasteiger partial charge in [0, 0.05) is 27.7 Å². The van der Waals surface area contributed by atoms with E-state index in [4.69, 9.17) is 14.5 Å². The van der Waals surface area contributed by atoms with Crippen molar-refractivity contribution in [3.05, 3.63) is 74.1 Å². The number of aliphatic imine (C=N–C) groups is 1. The maximum Gasteiger partial charge on any atom is 0.254 e. The number of amides is 1. The van der Waals surface area contributed by atoms with Gasteiger partial charge >= 0.3 is 0 Å². The number of nitrogens with one attached hydrogen (secondary N) is 1. The van der Waals surface area contributed by atoms with E-state index in [0.717, 1.165) is 57.6 Å². The highest BCUT2D eigenvalue weighted by atomic mass is 79.9. The van der Waals surface area contributed by atoms with Gasteiger partial charge < -0.3 is 14.8 Å². The Labute approximate surface area is 193 Å². The van der Waals surface area contributed by atoms with Gasteiger partial charge in [-0.3, -0.25) is 4.79 Å². The number of thiophene rings is 1. The van der Waals surface area contributed by atoms with E-state index in [2.05, 4.69) is 21.2 Å². The third-order valence-corrected chi connectivity index (χ3v) is 7.38. The van der Waals surface area contributed by atoms with Gasteiger partial charge in [0.05, 0.1) is 5.56 Å². The molecule has 0 bridgehead atoms. The summed E-state index contributed by atoms with van der Waals surface area (Å²) in [5.41, 5.74) is 3.85. The third-order valence-electron chi connectivity index (χ3n) is 5.49. The number of carbonyl (C=O) groups is 1. The zero-order valence-electron chi connectivity index (χ0n) is 16.8. The summed E-state index contributed by atoms with van der Waals surface area (Å²) in [4.78, 5) is 19.2. The number of halogens is 1. The average molecular weight is 497 g/mol. The summed E-state index contributed by atoms with van der Waals surface area (Å²) >= 11 is 5.21. The van der Waals surface area contributed by atoms with Gasteiger partial charge in [0.2, 0.25) is 6.79 Å². The van der Waals surface area contributed by atoms with E-state index >= 15 is 0 Å². The molecule has 158 valence electrons. The van der Waals surface area contributed by atoms with Crippen molar-refractivity contribution in [2.45, 2.75) is 32.2 Å². The fraction of sp³-hybridized carbons (Fsp3) is 0.250. The molecule has 0 saturated heterocycles. The topological polar surface area (TPSA) is 59.9 Å². The Hall–Kier alpha value is -2.64. The van der Waals surface area contributed by atoms with Gasteiger partial charge in [-0.15, -0.1) is 11.3 Å². The second kappa shape index (κ2) is 8.85. The van der Waals surface area contributed by atoms with Gasteiger partial charge in [-0.25, -0.2) is 4.99 Å². The van der Waals surface area contributed by atoms with Crippen molar-refractivity contribution in [1.82, 2.24) is 5.32 Å². The van der Waals surface area contributed by atoms with Crippen LogP contribution in [0.2, 0.25) is 0 Å². The van der Waals surface area contributed by atoms with Gasteiger partial charge in [-0.2, -0.15) is 0 Å². The predicted molar refractivity (Wildman–Crippen MR) is 126 cm³/mol. The van der Waals surface area contributed by atoms with Crippen LogP contribution in [0.5, 0.6) is 11.5 Å². The van der Waals surface area contributed by atoms with Gasteiger partial charge in [-0.05, 0) is 64.9 Å². The van der Waals surface area contributed by atoms with E-state index in [1.807, 2.05) is 42.5 Å². The molecule has 2 aliphatic rings. The summed E-state index contributed by atoms with van der Waals surface area (Å²) in [7, 11) is 0. The summed E-state index contributed by atoms with van der Waals surface area (Å²) < 4.78 is 11.8. The van der Waals surface area contributed by atoms with Crippen molar-refractivity contribution >= 4 is 44.4 Å². The number of rotatable bonds is 5. The molecule has 3 aromatic rings. The van der Waals surface area contributed by atoms with Crippen LogP contribution in [0.25, 0.3) is 0 Å². The highest BCUT2D eigenvalue weighted by Gasteiger charge is 2.25. The van der Waals surface area contributed by atoms with Crippen LogP contribution in [0, 0.1) is 0 Å². The molecule has 0 fully saturated rings. The van der Waals surface area contributed by atoms with E-state index in [1.54, 1.807) is 17.6 Å². The quantitative estimate of drug-likeness (QED) is 0.454. The zero-order chi connectivity index (χ0) is 21.2. The van der Waals surface area contributed by atoms with Gasteiger partial charge in [0.1, 0.15) is 5.00 Å². The molecule has 0 spiro atoms. The van der Waals surface area contributed by atoms with Crippen molar-refractivity contribution in [2.75, 3.05) is 6.79 Å².